The van der Waals surface area contributed by atoms with Crippen molar-refractivity contribution in [1.29, 1.82) is 0 Å². The van der Waals surface area contributed by atoms with Crippen LogP contribution in [0, 0.1) is 0 Å². The highest BCUT2D eigenvalue weighted by molar-refractivity contribution is 6.10. The molecule has 1 heterocycles. The van der Waals surface area contributed by atoms with Gasteiger partial charge in [-0.2, -0.15) is 5.10 Å². The van der Waals surface area contributed by atoms with Crippen LogP contribution in [0.3, 0.4) is 0 Å². The summed E-state index contributed by atoms with van der Waals surface area (Å²) in [5.41, 5.74) is 10.8. The Balaban J connectivity index is 1.58. The smallest absolute Gasteiger partial charge is 0.167 e. The van der Waals surface area contributed by atoms with Gasteiger partial charge in [-0.25, -0.2) is 0 Å². The van der Waals surface area contributed by atoms with Gasteiger partial charge in [0.1, 0.15) is 0 Å². The van der Waals surface area contributed by atoms with Crippen LogP contribution in [0.1, 0.15) is 15.9 Å². The molecule has 0 spiro atoms. The lowest BCUT2D eigenvalue weighted by molar-refractivity contribution is 0.0994. The molecule has 0 bridgehead atoms. The summed E-state index contributed by atoms with van der Waals surface area (Å²) < 4.78 is 0. The van der Waals surface area contributed by atoms with Gasteiger partial charge in [0, 0.05) is 12.0 Å². The normalized spacial score (nSPS) is 11.2. The third-order valence-corrected chi connectivity index (χ3v) is 5.32. The molecule has 5 rings (SSSR count). The molecule has 0 amide bonds. The maximum Gasteiger partial charge on any atom is 0.167 e. The lowest BCUT2D eigenvalue weighted by Crippen LogP contribution is -2.04. The first-order valence-corrected chi connectivity index (χ1v) is 9.53. The van der Waals surface area contributed by atoms with Crippen LogP contribution < -0.4 is 5.73 Å². The number of rotatable bonds is 4. The number of carbonyl (C=O) groups excluding carboxylic acids is 1. The lowest BCUT2D eigenvalue weighted by atomic mass is 9.94. The number of H-pyrrole nitrogens is 1. The average Bonchev–Trinajstić information content (AvgIpc) is 3.14. The Hall–Kier alpha value is -3.92. The van der Waals surface area contributed by atoms with Crippen molar-refractivity contribution in [2.24, 2.45) is 0 Å². The number of aromatic amines is 1. The Morgan fingerprint density at radius 1 is 0.897 bits per heavy atom. The molecule has 0 unspecified atom stereocenters. The summed E-state index contributed by atoms with van der Waals surface area (Å²) in [5, 5.41) is 10.0. The summed E-state index contributed by atoms with van der Waals surface area (Å²) in [5.74, 6) is 0.609. The van der Waals surface area contributed by atoms with E-state index in [1.807, 2.05) is 78.9 Å². The largest absolute Gasteiger partial charge is 0.382 e. The Morgan fingerprint density at radius 3 is 2.59 bits per heavy atom. The molecule has 140 valence electrons. The van der Waals surface area contributed by atoms with Crippen LogP contribution in [0.5, 0.6) is 0 Å². The molecule has 4 aromatic carbocycles. The molecule has 0 saturated heterocycles. The van der Waals surface area contributed by atoms with Crippen molar-refractivity contribution in [1.82, 2.24) is 10.2 Å². The monoisotopic (exact) mass is 377 g/mol. The van der Waals surface area contributed by atoms with E-state index < -0.39 is 0 Å². The number of Topliss-reactive ketones (excluding diaryl/α,β-unsaturated/α-hetero) is 1. The Labute approximate surface area is 168 Å². The van der Waals surface area contributed by atoms with Crippen molar-refractivity contribution in [3.8, 4) is 11.1 Å². The van der Waals surface area contributed by atoms with Crippen molar-refractivity contribution in [3.63, 3.8) is 0 Å². The number of nitrogen functional groups attached to an aromatic ring is 1. The third kappa shape index (κ3) is 3.05. The van der Waals surface area contributed by atoms with Crippen LogP contribution in [0.15, 0.2) is 84.9 Å². The van der Waals surface area contributed by atoms with E-state index in [-0.39, 0.29) is 5.78 Å². The SMILES string of the molecule is Nc1n[nH]c2cccc(-c3ccc4c(C(=O)Cc5ccccc5)cccc4c3)c12. The van der Waals surface area contributed by atoms with Crippen LogP contribution in [0.25, 0.3) is 32.8 Å². The molecular weight excluding hydrogens is 358 g/mol. The van der Waals surface area contributed by atoms with Gasteiger partial charge < -0.3 is 5.73 Å². The van der Waals surface area contributed by atoms with Gasteiger partial charge >= 0.3 is 0 Å². The first-order valence-electron chi connectivity index (χ1n) is 9.53. The van der Waals surface area contributed by atoms with Gasteiger partial charge in [-0.3, -0.25) is 9.89 Å². The van der Waals surface area contributed by atoms with Crippen molar-refractivity contribution >= 4 is 33.3 Å². The van der Waals surface area contributed by atoms with Crippen molar-refractivity contribution in [2.75, 3.05) is 5.73 Å². The number of nitrogens with zero attached hydrogens (tertiary/aromatic N) is 1. The van der Waals surface area contributed by atoms with E-state index in [0.29, 0.717) is 12.2 Å². The molecule has 0 aliphatic heterocycles. The summed E-state index contributed by atoms with van der Waals surface area (Å²) in [6.45, 7) is 0. The minimum absolute atomic E-state index is 0.121. The number of ketones is 1. The average molecular weight is 377 g/mol. The van der Waals surface area contributed by atoms with Gasteiger partial charge in [0.25, 0.3) is 0 Å². The van der Waals surface area contributed by atoms with Crippen LogP contribution in [0.2, 0.25) is 0 Å². The predicted octanol–water partition coefficient (Wildman–Crippen LogP) is 5.39. The van der Waals surface area contributed by atoms with Gasteiger partial charge in [-0.05, 0) is 39.6 Å². The molecule has 0 aliphatic rings. The zero-order chi connectivity index (χ0) is 19.8. The molecule has 0 radical (unpaired) electrons. The summed E-state index contributed by atoms with van der Waals surface area (Å²) >= 11 is 0. The third-order valence-electron chi connectivity index (χ3n) is 5.32. The highest BCUT2D eigenvalue weighted by atomic mass is 16.1. The second-order valence-electron chi connectivity index (χ2n) is 7.16. The minimum Gasteiger partial charge on any atom is -0.382 e. The van der Waals surface area contributed by atoms with Gasteiger partial charge in [-0.15, -0.1) is 0 Å². The number of anilines is 1. The van der Waals surface area contributed by atoms with E-state index in [4.69, 9.17) is 5.73 Å². The van der Waals surface area contributed by atoms with Crippen molar-refractivity contribution in [2.45, 2.75) is 6.42 Å². The fraction of sp³-hybridized carbons (Fsp3) is 0.0400. The summed E-state index contributed by atoms with van der Waals surface area (Å²) in [6.07, 6.45) is 0.395. The highest BCUT2D eigenvalue weighted by Crippen LogP contribution is 2.33. The molecule has 0 atom stereocenters. The number of aromatic nitrogens is 2. The zero-order valence-electron chi connectivity index (χ0n) is 15.7. The number of carbonyl (C=O) groups is 1. The molecule has 0 saturated carbocycles. The predicted molar refractivity (Wildman–Crippen MR) is 118 cm³/mol. The molecule has 0 fully saturated rings. The lowest BCUT2D eigenvalue weighted by Gasteiger charge is -2.09. The van der Waals surface area contributed by atoms with Gasteiger partial charge in [0.15, 0.2) is 11.6 Å². The topological polar surface area (TPSA) is 71.8 Å². The summed E-state index contributed by atoms with van der Waals surface area (Å²) in [6, 6.07) is 27.9. The Morgan fingerprint density at radius 2 is 1.72 bits per heavy atom. The number of hydrogen-bond acceptors (Lipinski definition) is 3. The highest BCUT2D eigenvalue weighted by Gasteiger charge is 2.13. The first-order chi connectivity index (χ1) is 14.2. The molecule has 4 heteroatoms. The standard InChI is InChI=1S/C25H19N3O/c26-25-24-20(9-5-11-22(24)27-28-25)18-12-13-19-17(15-18)8-4-10-21(19)23(29)14-16-6-2-1-3-7-16/h1-13,15H,14H2,(H3,26,27,28). The van der Waals surface area contributed by atoms with Crippen molar-refractivity contribution < 1.29 is 4.79 Å². The molecular formula is C25H19N3O. The molecule has 29 heavy (non-hydrogen) atoms. The van der Waals surface area contributed by atoms with Crippen LogP contribution in [-0.2, 0) is 6.42 Å². The van der Waals surface area contributed by atoms with Crippen LogP contribution >= 0.6 is 0 Å². The summed E-state index contributed by atoms with van der Waals surface area (Å²) in [7, 11) is 0. The van der Waals surface area contributed by atoms with E-state index in [1.165, 1.54) is 0 Å². The maximum absolute atomic E-state index is 12.9. The fourth-order valence-corrected chi connectivity index (χ4v) is 3.91. The van der Waals surface area contributed by atoms with Crippen LogP contribution in [0.4, 0.5) is 5.82 Å². The van der Waals surface area contributed by atoms with Gasteiger partial charge in [-0.1, -0.05) is 72.8 Å². The number of nitrogens with one attached hydrogen (secondary N) is 1. The van der Waals surface area contributed by atoms with Gasteiger partial charge in [0.05, 0.1) is 10.9 Å². The quantitative estimate of drug-likeness (QED) is 0.412. The van der Waals surface area contributed by atoms with Gasteiger partial charge in [0.2, 0.25) is 0 Å². The first kappa shape index (κ1) is 17.2. The molecule has 3 N–H and O–H groups in total. The second-order valence-corrected chi connectivity index (χ2v) is 7.16. The molecule has 0 aliphatic carbocycles. The zero-order valence-corrected chi connectivity index (χ0v) is 15.7. The van der Waals surface area contributed by atoms with Crippen LogP contribution in [-0.4, -0.2) is 16.0 Å². The number of fused-ring (bicyclic) bond motifs is 2. The second kappa shape index (κ2) is 6.91. The number of benzene rings is 4. The van der Waals surface area contributed by atoms with E-state index in [1.54, 1.807) is 0 Å². The number of hydrogen-bond donors (Lipinski definition) is 2. The van der Waals surface area contributed by atoms with E-state index in [9.17, 15) is 4.79 Å². The van der Waals surface area contributed by atoms with E-state index in [0.717, 1.165) is 43.9 Å². The number of nitrogens with two attached hydrogens (primary N) is 1. The minimum atomic E-state index is 0.121. The Kier molecular flexibility index (Phi) is 4.10. The Bertz CT molecular complexity index is 1350. The summed E-state index contributed by atoms with van der Waals surface area (Å²) in [4.78, 5) is 12.9. The fourth-order valence-electron chi connectivity index (χ4n) is 3.91. The van der Waals surface area contributed by atoms with E-state index >= 15 is 0 Å². The van der Waals surface area contributed by atoms with E-state index in [2.05, 4.69) is 16.3 Å². The maximum atomic E-state index is 12.9. The molecule has 4 nitrogen and oxygen atoms in total. The van der Waals surface area contributed by atoms with Crippen molar-refractivity contribution in [3.05, 3.63) is 96.1 Å². The molecule has 5 aromatic rings. The molecule has 1 aromatic heterocycles.